The third kappa shape index (κ3) is 3.47. The van der Waals surface area contributed by atoms with Gasteiger partial charge in [-0.1, -0.05) is 0 Å². The van der Waals surface area contributed by atoms with Gasteiger partial charge in [0.05, 0.1) is 10.5 Å². The van der Waals surface area contributed by atoms with E-state index in [1.807, 2.05) is 0 Å². The number of rotatable bonds is 4. The molecule has 0 unspecified atom stereocenters. The van der Waals surface area contributed by atoms with Crippen LogP contribution in [0, 0.1) is 17.0 Å². The summed E-state index contributed by atoms with van der Waals surface area (Å²) in [7, 11) is 0. The van der Waals surface area contributed by atoms with Crippen molar-refractivity contribution in [2.45, 2.75) is 26.4 Å². The molecule has 0 amide bonds. The molecule has 0 radical (unpaired) electrons. The molecule has 0 aliphatic heterocycles. The highest BCUT2D eigenvalue weighted by molar-refractivity contribution is 5.56. The van der Waals surface area contributed by atoms with E-state index in [0.717, 1.165) is 0 Å². The summed E-state index contributed by atoms with van der Waals surface area (Å²) < 4.78 is 0. The quantitative estimate of drug-likeness (QED) is 0.598. The first-order chi connectivity index (χ1) is 7.29. The normalized spacial score (nSPS) is 11.2. The van der Waals surface area contributed by atoms with Crippen molar-refractivity contribution in [2.75, 3.05) is 11.9 Å². The number of hydrogen-bond donors (Lipinski definition) is 2. The molecule has 0 aromatic carbocycles. The van der Waals surface area contributed by atoms with E-state index in [2.05, 4.69) is 10.3 Å². The van der Waals surface area contributed by atoms with Crippen molar-refractivity contribution in [3.05, 3.63) is 27.9 Å². The van der Waals surface area contributed by atoms with Crippen LogP contribution in [0.1, 0.15) is 19.5 Å². The van der Waals surface area contributed by atoms with Crippen LogP contribution < -0.4 is 5.32 Å². The van der Waals surface area contributed by atoms with E-state index in [-0.39, 0.29) is 18.1 Å². The van der Waals surface area contributed by atoms with E-state index >= 15 is 0 Å². The lowest BCUT2D eigenvalue weighted by Crippen LogP contribution is -2.29. The van der Waals surface area contributed by atoms with Crippen LogP contribution in [-0.2, 0) is 0 Å². The second-order valence-electron chi connectivity index (χ2n) is 4.24. The summed E-state index contributed by atoms with van der Waals surface area (Å²) in [5.41, 5.74) is -0.349. The molecule has 16 heavy (non-hydrogen) atoms. The summed E-state index contributed by atoms with van der Waals surface area (Å²) in [5, 5.41) is 23.0. The smallest absolute Gasteiger partial charge is 0.311 e. The number of nitrogens with zero attached hydrogens (tertiary/aromatic N) is 2. The number of nitro groups is 1. The van der Waals surface area contributed by atoms with Gasteiger partial charge in [-0.25, -0.2) is 4.98 Å². The zero-order valence-corrected chi connectivity index (χ0v) is 9.52. The average Bonchev–Trinajstić information content (AvgIpc) is 2.13. The van der Waals surface area contributed by atoms with Crippen molar-refractivity contribution in [3.63, 3.8) is 0 Å². The van der Waals surface area contributed by atoms with Crippen LogP contribution in [-0.4, -0.2) is 27.2 Å². The summed E-state index contributed by atoms with van der Waals surface area (Å²) >= 11 is 0. The monoisotopic (exact) mass is 225 g/mol. The molecule has 0 aliphatic rings. The Kier molecular flexibility index (Phi) is 3.44. The molecule has 1 rings (SSSR count). The molecule has 1 heterocycles. The van der Waals surface area contributed by atoms with Crippen LogP contribution in [0.5, 0.6) is 0 Å². The summed E-state index contributed by atoms with van der Waals surface area (Å²) in [6.07, 6.45) is 0. The zero-order chi connectivity index (χ0) is 12.3. The molecular weight excluding hydrogens is 210 g/mol. The first kappa shape index (κ1) is 12.4. The molecule has 1 aromatic heterocycles. The Hall–Kier alpha value is -1.69. The second kappa shape index (κ2) is 4.44. The maximum absolute atomic E-state index is 10.7. The minimum atomic E-state index is -0.945. The van der Waals surface area contributed by atoms with Gasteiger partial charge in [-0.15, -0.1) is 0 Å². The summed E-state index contributed by atoms with van der Waals surface area (Å²) in [6.45, 7) is 5.17. The Labute approximate surface area is 93.5 Å². The van der Waals surface area contributed by atoms with E-state index in [0.29, 0.717) is 5.69 Å². The number of aliphatic hydroxyl groups is 1. The fourth-order valence-electron chi connectivity index (χ4n) is 1.13. The van der Waals surface area contributed by atoms with Crippen molar-refractivity contribution in [1.29, 1.82) is 0 Å². The van der Waals surface area contributed by atoms with Crippen molar-refractivity contribution in [2.24, 2.45) is 0 Å². The predicted molar refractivity (Wildman–Crippen MR) is 60.4 cm³/mol. The van der Waals surface area contributed by atoms with Crippen LogP contribution in [0.15, 0.2) is 12.1 Å². The Balaban J connectivity index is 2.93. The maximum Gasteiger partial charge on any atom is 0.311 e. The molecular formula is C10H15N3O3. The highest BCUT2D eigenvalue weighted by Crippen LogP contribution is 2.22. The van der Waals surface area contributed by atoms with Gasteiger partial charge >= 0.3 is 5.69 Å². The molecule has 0 aliphatic carbocycles. The molecule has 6 nitrogen and oxygen atoms in total. The lowest BCUT2D eigenvalue weighted by molar-refractivity contribution is -0.384. The van der Waals surface area contributed by atoms with Gasteiger partial charge in [0.15, 0.2) is 0 Å². The summed E-state index contributed by atoms with van der Waals surface area (Å²) in [5.74, 6) is 0.187. The highest BCUT2D eigenvalue weighted by Gasteiger charge is 2.18. The molecule has 0 saturated carbocycles. The third-order valence-electron chi connectivity index (χ3n) is 1.90. The molecule has 88 valence electrons. The van der Waals surface area contributed by atoms with Crippen molar-refractivity contribution < 1.29 is 10.0 Å². The molecule has 0 atom stereocenters. The van der Waals surface area contributed by atoms with Gasteiger partial charge in [-0.05, 0) is 26.8 Å². The average molecular weight is 225 g/mol. The standard InChI is InChI=1S/C10H15N3O3/c1-7-4-5-8(13(15)16)9(12-7)11-6-10(2,3)14/h4-5,14H,6H2,1-3H3,(H,11,12). The topological polar surface area (TPSA) is 88.3 Å². The Morgan fingerprint density at radius 1 is 1.56 bits per heavy atom. The number of anilines is 1. The first-order valence-electron chi connectivity index (χ1n) is 4.88. The van der Waals surface area contributed by atoms with E-state index in [4.69, 9.17) is 0 Å². The van der Waals surface area contributed by atoms with Crippen molar-refractivity contribution in [1.82, 2.24) is 4.98 Å². The van der Waals surface area contributed by atoms with E-state index < -0.39 is 10.5 Å². The fourth-order valence-corrected chi connectivity index (χ4v) is 1.13. The van der Waals surface area contributed by atoms with Crippen LogP contribution in [0.25, 0.3) is 0 Å². The zero-order valence-electron chi connectivity index (χ0n) is 9.52. The van der Waals surface area contributed by atoms with Gasteiger partial charge in [0.1, 0.15) is 0 Å². The van der Waals surface area contributed by atoms with E-state index in [9.17, 15) is 15.2 Å². The first-order valence-corrected chi connectivity index (χ1v) is 4.88. The van der Waals surface area contributed by atoms with Crippen molar-refractivity contribution in [3.8, 4) is 0 Å². The molecule has 0 bridgehead atoms. The van der Waals surface area contributed by atoms with Gasteiger partial charge in [0.2, 0.25) is 5.82 Å². The van der Waals surface area contributed by atoms with E-state index in [1.165, 1.54) is 6.07 Å². The molecule has 2 N–H and O–H groups in total. The summed E-state index contributed by atoms with van der Waals surface area (Å²) in [4.78, 5) is 14.3. The van der Waals surface area contributed by atoms with Crippen LogP contribution >= 0.6 is 0 Å². The molecule has 1 aromatic rings. The summed E-state index contributed by atoms with van der Waals surface area (Å²) in [6, 6.07) is 2.97. The number of aryl methyl sites for hydroxylation is 1. The third-order valence-corrected chi connectivity index (χ3v) is 1.90. The minimum absolute atomic E-state index is 0.0881. The van der Waals surface area contributed by atoms with Gasteiger partial charge in [0.25, 0.3) is 0 Å². The molecule has 6 heteroatoms. The van der Waals surface area contributed by atoms with Gasteiger partial charge in [0, 0.05) is 18.3 Å². The lowest BCUT2D eigenvalue weighted by atomic mass is 10.1. The van der Waals surface area contributed by atoms with Crippen LogP contribution in [0.3, 0.4) is 0 Å². The number of nitrogens with one attached hydrogen (secondary N) is 1. The Morgan fingerprint density at radius 3 is 2.69 bits per heavy atom. The molecule has 0 saturated heterocycles. The maximum atomic E-state index is 10.7. The minimum Gasteiger partial charge on any atom is -0.389 e. The lowest BCUT2D eigenvalue weighted by Gasteiger charge is -2.18. The number of pyridine rings is 1. The highest BCUT2D eigenvalue weighted by atomic mass is 16.6. The molecule has 0 fully saturated rings. The van der Waals surface area contributed by atoms with Gasteiger partial charge in [-0.2, -0.15) is 0 Å². The largest absolute Gasteiger partial charge is 0.389 e. The van der Waals surface area contributed by atoms with Gasteiger partial charge < -0.3 is 10.4 Å². The Bertz CT molecular complexity index is 399. The predicted octanol–water partition coefficient (Wildman–Crippen LogP) is 1.48. The molecule has 0 spiro atoms. The van der Waals surface area contributed by atoms with Gasteiger partial charge in [-0.3, -0.25) is 10.1 Å². The SMILES string of the molecule is Cc1ccc([N+](=O)[O-])c(NCC(C)(C)O)n1. The number of hydrogen-bond acceptors (Lipinski definition) is 5. The Morgan fingerprint density at radius 2 is 2.19 bits per heavy atom. The fraction of sp³-hybridized carbons (Fsp3) is 0.500. The van der Waals surface area contributed by atoms with Crippen molar-refractivity contribution >= 4 is 11.5 Å². The van der Waals surface area contributed by atoms with Crippen LogP contribution in [0.2, 0.25) is 0 Å². The number of aromatic nitrogens is 1. The van der Waals surface area contributed by atoms with Crippen LogP contribution in [0.4, 0.5) is 11.5 Å². The second-order valence-corrected chi connectivity index (χ2v) is 4.24. The van der Waals surface area contributed by atoms with E-state index in [1.54, 1.807) is 26.8 Å².